The number of halogens is 1. The Bertz CT molecular complexity index is 471. The fourth-order valence-corrected chi connectivity index (χ4v) is 2.97. The molecule has 2 N–H and O–H groups in total. The molecule has 2 unspecified atom stereocenters. The van der Waals surface area contributed by atoms with E-state index in [-0.39, 0.29) is 23.8 Å². The normalized spacial score (nSPS) is 26.8. The second-order valence-electron chi connectivity index (χ2n) is 5.57. The summed E-state index contributed by atoms with van der Waals surface area (Å²) in [4.78, 5) is 14.3. The molecule has 20 heavy (non-hydrogen) atoms. The van der Waals surface area contributed by atoms with Crippen molar-refractivity contribution in [1.29, 1.82) is 0 Å². The van der Waals surface area contributed by atoms with E-state index in [1.54, 1.807) is 12.1 Å². The highest BCUT2D eigenvalue weighted by molar-refractivity contribution is 5.82. The zero-order chi connectivity index (χ0) is 13.9. The van der Waals surface area contributed by atoms with Crippen molar-refractivity contribution in [1.82, 2.24) is 15.8 Å². The predicted molar refractivity (Wildman–Crippen MR) is 74.2 cm³/mol. The minimum Gasteiger partial charge on any atom is -0.341 e. The van der Waals surface area contributed by atoms with E-state index in [4.69, 9.17) is 0 Å². The number of rotatable bonds is 2. The van der Waals surface area contributed by atoms with Crippen molar-refractivity contribution in [3.8, 4) is 0 Å². The maximum Gasteiger partial charge on any atom is 0.241 e. The number of nitrogens with one attached hydrogen (secondary N) is 2. The van der Waals surface area contributed by atoms with Crippen LogP contribution < -0.4 is 10.9 Å². The van der Waals surface area contributed by atoms with Gasteiger partial charge in [-0.15, -0.1) is 0 Å². The Hall–Kier alpha value is -1.46. The monoisotopic (exact) mass is 277 g/mol. The van der Waals surface area contributed by atoms with E-state index in [0.717, 1.165) is 31.5 Å². The summed E-state index contributed by atoms with van der Waals surface area (Å²) in [5, 5.41) is 0. The Balaban J connectivity index is 1.61. The van der Waals surface area contributed by atoms with Gasteiger partial charge in [0.15, 0.2) is 0 Å². The van der Waals surface area contributed by atoms with Crippen molar-refractivity contribution in [2.24, 2.45) is 0 Å². The van der Waals surface area contributed by atoms with Crippen molar-refractivity contribution in [3.05, 3.63) is 35.6 Å². The quantitative estimate of drug-likeness (QED) is 0.865. The van der Waals surface area contributed by atoms with Crippen molar-refractivity contribution in [2.75, 3.05) is 13.1 Å². The highest BCUT2D eigenvalue weighted by Crippen LogP contribution is 2.24. The Morgan fingerprint density at radius 1 is 1.10 bits per heavy atom. The van der Waals surface area contributed by atoms with Crippen molar-refractivity contribution in [3.63, 3.8) is 0 Å². The Morgan fingerprint density at radius 3 is 2.50 bits per heavy atom. The Morgan fingerprint density at radius 2 is 1.80 bits per heavy atom. The van der Waals surface area contributed by atoms with Crippen LogP contribution in [-0.4, -0.2) is 29.9 Å². The van der Waals surface area contributed by atoms with Crippen LogP contribution in [0.2, 0.25) is 0 Å². The molecule has 2 heterocycles. The van der Waals surface area contributed by atoms with E-state index < -0.39 is 0 Å². The van der Waals surface area contributed by atoms with Gasteiger partial charge in [-0.1, -0.05) is 12.1 Å². The van der Waals surface area contributed by atoms with E-state index in [1.165, 1.54) is 18.6 Å². The van der Waals surface area contributed by atoms with Crippen LogP contribution in [0.15, 0.2) is 24.3 Å². The third-order valence-corrected chi connectivity index (χ3v) is 4.14. The molecule has 0 radical (unpaired) electrons. The molecule has 2 fully saturated rings. The van der Waals surface area contributed by atoms with Crippen LogP contribution >= 0.6 is 0 Å². The van der Waals surface area contributed by atoms with Gasteiger partial charge in [-0.3, -0.25) is 4.79 Å². The largest absolute Gasteiger partial charge is 0.341 e. The number of hydrazine groups is 1. The summed E-state index contributed by atoms with van der Waals surface area (Å²) in [6.45, 7) is 1.75. The maximum absolute atomic E-state index is 12.9. The van der Waals surface area contributed by atoms with E-state index >= 15 is 0 Å². The van der Waals surface area contributed by atoms with E-state index in [9.17, 15) is 9.18 Å². The van der Waals surface area contributed by atoms with Crippen molar-refractivity contribution < 1.29 is 9.18 Å². The number of nitrogens with zero attached hydrogens (tertiary/aromatic N) is 1. The first-order chi connectivity index (χ1) is 9.74. The summed E-state index contributed by atoms with van der Waals surface area (Å²) in [5.74, 6) is -0.0533. The van der Waals surface area contributed by atoms with Gasteiger partial charge < -0.3 is 4.90 Å². The molecule has 108 valence electrons. The van der Waals surface area contributed by atoms with E-state index in [2.05, 4.69) is 10.9 Å². The lowest BCUT2D eigenvalue weighted by atomic mass is 10.0. The van der Waals surface area contributed by atoms with Gasteiger partial charge in [0.1, 0.15) is 11.9 Å². The SMILES string of the molecule is O=C(C1CC(c2ccc(F)cc2)NN1)N1CCCCC1. The Labute approximate surface area is 118 Å². The molecule has 1 aromatic carbocycles. The second kappa shape index (κ2) is 5.89. The molecule has 0 bridgehead atoms. The summed E-state index contributed by atoms with van der Waals surface area (Å²) in [7, 11) is 0. The topological polar surface area (TPSA) is 44.4 Å². The first-order valence-corrected chi connectivity index (χ1v) is 7.29. The second-order valence-corrected chi connectivity index (χ2v) is 5.57. The molecule has 2 aliphatic heterocycles. The van der Waals surface area contributed by atoms with E-state index in [1.807, 2.05) is 4.90 Å². The summed E-state index contributed by atoms with van der Waals surface area (Å²) in [6.07, 6.45) is 4.14. The number of carbonyl (C=O) groups is 1. The Kier molecular flexibility index (Phi) is 3.98. The van der Waals surface area contributed by atoms with Gasteiger partial charge in [0, 0.05) is 19.1 Å². The van der Waals surface area contributed by atoms with Crippen LogP contribution in [0.25, 0.3) is 0 Å². The maximum atomic E-state index is 12.9. The summed E-state index contributed by atoms with van der Waals surface area (Å²) < 4.78 is 12.9. The molecule has 0 saturated carbocycles. The van der Waals surface area contributed by atoms with E-state index in [0.29, 0.717) is 6.42 Å². The zero-order valence-corrected chi connectivity index (χ0v) is 11.4. The first kappa shape index (κ1) is 13.5. The third kappa shape index (κ3) is 2.83. The minimum atomic E-state index is -0.236. The van der Waals surface area contributed by atoms with Gasteiger partial charge >= 0.3 is 0 Å². The van der Waals surface area contributed by atoms with Crippen LogP contribution in [0.5, 0.6) is 0 Å². The lowest BCUT2D eigenvalue weighted by molar-refractivity contribution is -0.134. The van der Waals surface area contributed by atoms with Gasteiger partial charge in [-0.25, -0.2) is 15.2 Å². The highest BCUT2D eigenvalue weighted by atomic mass is 19.1. The van der Waals surface area contributed by atoms with Crippen LogP contribution in [0.3, 0.4) is 0 Å². The molecule has 0 aromatic heterocycles. The lowest BCUT2D eigenvalue weighted by Crippen LogP contribution is -2.47. The van der Waals surface area contributed by atoms with Crippen molar-refractivity contribution >= 4 is 5.91 Å². The van der Waals surface area contributed by atoms with Crippen LogP contribution in [0.4, 0.5) is 4.39 Å². The molecule has 0 aliphatic carbocycles. The molecule has 4 nitrogen and oxygen atoms in total. The average Bonchev–Trinajstić information content (AvgIpc) is 2.98. The lowest BCUT2D eigenvalue weighted by Gasteiger charge is -2.28. The molecule has 0 spiro atoms. The number of hydrogen-bond donors (Lipinski definition) is 2. The molecule has 3 rings (SSSR count). The summed E-state index contributed by atoms with van der Waals surface area (Å²) in [5.41, 5.74) is 7.23. The molecule has 2 aliphatic rings. The number of hydrogen-bond acceptors (Lipinski definition) is 3. The number of piperidine rings is 1. The van der Waals surface area contributed by atoms with Gasteiger partial charge in [0.05, 0.1) is 0 Å². The van der Waals surface area contributed by atoms with Gasteiger partial charge in [0.2, 0.25) is 5.91 Å². The summed E-state index contributed by atoms with van der Waals surface area (Å²) >= 11 is 0. The third-order valence-electron chi connectivity index (χ3n) is 4.14. The molecular weight excluding hydrogens is 257 g/mol. The summed E-state index contributed by atoms with van der Waals surface area (Å²) in [6, 6.07) is 6.33. The fraction of sp³-hybridized carbons (Fsp3) is 0.533. The fourth-order valence-electron chi connectivity index (χ4n) is 2.97. The van der Waals surface area contributed by atoms with Crippen molar-refractivity contribution in [2.45, 2.75) is 37.8 Å². The smallest absolute Gasteiger partial charge is 0.241 e. The molecule has 2 saturated heterocycles. The highest BCUT2D eigenvalue weighted by Gasteiger charge is 2.33. The molecule has 1 amide bonds. The molecular formula is C15H20FN3O. The predicted octanol–water partition coefficient (Wildman–Crippen LogP) is 1.75. The number of likely N-dealkylation sites (tertiary alicyclic amines) is 1. The first-order valence-electron chi connectivity index (χ1n) is 7.29. The van der Waals surface area contributed by atoms with Crippen LogP contribution in [-0.2, 0) is 4.79 Å². The molecule has 1 aromatic rings. The minimum absolute atomic E-state index is 0.0642. The zero-order valence-electron chi connectivity index (χ0n) is 11.4. The van der Waals surface area contributed by atoms with Crippen LogP contribution in [0.1, 0.15) is 37.3 Å². The number of amides is 1. The molecule has 5 heteroatoms. The van der Waals surface area contributed by atoms with Gasteiger partial charge in [-0.2, -0.15) is 0 Å². The standard InChI is InChI=1S/C15H20FN3O/c16-12-6-4-11(5-7-12)13-10-14(18-17-13)15(20)19-8-2-1-3-9-19/h4-7,13-14,17-18H,1-3,8-10H2. The number of carbonyl (C=O) groups excluding carboxylic acids is 1. The van der Waals surface area contributed by atoms with Gasteiger partial charge in [0.25, 0.3) is 0 Å². The van der Waals surface area contributed by atoms with Crippen LogP contribution in [0, 0.1) is 5.82 Å². The molecule has 2 atom stereocenters. The van der Waals surface area contributed by atoms with Gasteiger partial charge in [-0.05, 0) is 43.4 Å². The average molecular weight is 277 g/mol. The number of benzene rings is 1.